The molecule has 6 heteroatoms. The molecule has 2 aromatic rings. The molecule has 2 rings (SSSR count). The minimum Gasteiger partial charge on any atom is -0.497 e. The number of aliphatic hydroxyl groups excluding tert-OH is 1. The third-order valence-electron chi connectivity index (χ3n) is 4.46. The summed E-state index contributed by atoms with van der Waals surface area (Å²) in [6.45, 7) is 9.52. The standard InChI is InChI=1S/C14H18O3S.C12H16O2/c1-9(2)13(16)14(17)12-7-6-11(18-12)5-4-10(3)8-15;1-9(2)7-12(13)10-5-4-6-11(8-10)14-3/h4-7,9-10,15H,8H2,1-3H3;4-6,8-9H,7H2,1-3H3/b5-4+;. The van der Waals surface area contributed by atoms with Crippen LogP contribution in [0.15, 0.2) is 42.5 Å². The van der Waals surface area contributed by atoms with Gasteiger partial charge in [0.2, 0.25) is 11.6 Å². The summed E-state index contributed by atoms with van der Waals surface area (Å²) in [6, 6.07) is 10.8. The summed E-state index contributed by atoms with van der Waals surface area (Å²) in [6.07, 6.45) is 4.33. The average molecular weight is 459 g/mol. The maximum Gasteiger partial charge on any atom is 0.238 e. The van der Waals surface area contributed by atoms with Crippen LogP contribution in [-0.2, 0) is 4.79 Å². The number of ether oxygens (including phenoxy) is 1. The van der Waals surface area contributed by atoms with Crippen LogP contribution in [0.2, 0.25) is 0 Å². The molecule has 0 saturated heterocycles. The van der Waals surface area contributed by atoms with Crippen LogP contribution in [0.25, 0.3) is 6.08 Å². The first-order valence-corrected chi connectivity index (χ1v) is 11.5. The van der Waals surface area contributed by atoms with E-state index in [9.17, 15) is 14.4 Å². The lowest BCUT2D eigenvalue weighted by atomic mass is 10.0. The monoisotopic (exact) mass is 458 g/mol. The molecule has 0 aliphatic heterocycles. The van der Waals surface area contributed by atoms with E-state index in [2.05, 4.69) is 0 Å². The largest absolute Gasteiger partial charge is 0.497 e. The number of hydrogen-bond donors (Lipinski definition) is 1. The molecule has 1 aromatic heterocycles. The minimum atomic E-state index is -0.412. The van der Waals surface area contributed by atoms with Crippen molar-refractivity contribution in [3.05, 3.63) is 57.8 Å². The number of rotatable bonds is 10. The maximum absolute atomic E-state index is 11.8. The zero-order valence-electron chi connectivity index (χ0n) is 19.8. The number of benzene rings is 1. The number of hydrogen-bond acceptors (Lipinski definition) is 6. The highest BCUT2D eigenvalue weighted by Gasteiger charge is 2.20. The molecule has 0 amide bonds. The van der Waals surface area contributed by atoms with Crippen molar-refractivity contribution in [2.75, 3.05) is 13.7 Å². The number of carbonyl (C=O) groups excluding carboxylic acids is 3. The van der Waals surface area contributed by atoms with E-state index in [1.807, 2.05) is 57.2 Å². The van der Waals surface area contributed by atoms with Crippen molar-refractivity contribution >= 4 is 34.8 Å². The SMILES string of the molecule is CC(/C=C/c1ccc(C(=O)C(=O)C(C)C)s1)CO.COc1cccc(C(=O)CC(C)C)c1. The van der Waals surface area contributed by atoms with Gasteiger partial charge in [-0.3, -0.25) is 14.4 Å². The summed E-state index contributed by atoms with van der Waals surface area (Å²) in [4.78, 5) is 36.4. The highest BCUT2D eigenvalue weighted by Crippen LogP contribution is 2.20. The van der Waals surface area contributed by atoms with Crippen LogP contribution in [0, 0.1) is 17.8 Å². The Hall–Kier alpha value is -2.57. The average Bonchev–Trinajstić information content (AvgIpc) is 3.25. The molecule has 1 aromatic carbocycles. The summed E-state index contributed by atoms with van der Waals surface area (Å²) in [7, 11) is 1.60. The highest BCUT2D eigenvalue weighted by molar-refractivity contribution is 7.15. The van der Waals surface area contributed by atoms with Crippen LogP contribution >= 0.6 is 11.3 Å². The van der Waals surface area contributed by atoms with E-state index >= 15 is 0 Å². The highest BCUT2D eigenvalue weighted by atomic mass is 32.1. The van der Waals surface area contributed by atoms with E-state index in [-0.39, 0.29) is 30.0 Å². The van der Waals surface area contributed by atoms with Crippen molar-refractivity contribution in [2.24, 2.45) is 17.8 Å². The van der Waals surface area contributed by atoms with Gasteiger partial charge in [0.25, 0.3) is 0 Å². The van der Waals surface area contributed by atoms with E-state index in [1.165, 1.54) is 11.3 Å². The molecule has 0 spiro atoms. The number of thiophene rings is 1. The lowest BCUT2D eigenvalue weighted by molar-refractivity contribution is -0.117. The fourth-order valence-corrected chi connectivity index (χ4v) is 3.42. The van der Waals surface area contributed by atoms with Crippen molar-refractivity contribution in [1.29, 1.82) is 0 Å². The first-order valence-electron chi connectivity index (χ1n) is 10.7. The van der Waals surface area contributed by atoms with Gasteiger partial charge in [-0.25, -0.2) is 0 Å². The fraction of sp³-hybridized carbons (Fsp3) is 0.423. The summed E-state index contributed by atoms with van der Waals surface area (Å²) in [5.74, 6) is 0.365. The molecule has 1 atom stereocenters. The third-order valence-corrected chi connectivity index (χ3v) is 5.51. The Bertz CT molecular complexity index is 924. The van der Waals surface area contributed by atoms with Gasteiger partial charge in [-0.1, -0.05) is 52.8 Å². The van der Waals surface area contributed by atoms with Crippen molar-refractivity contribution in [1.82, 2.24) is 0 Å². The molecule has 0 radical (unpaired) electrons. The molecular formula is C26H34O5S. The zero-order valence-corrected chi connectivity index (χ0v) is 20.6. The summed E-state index contributed by atoms with van der Waals surface area (Å²) < 4.78 is 5.06. The van der Waals surface area contributed by atoms with Gasteiger partial charge in [-0.2, -0.15) is 0 Å². The predicted octanol–water partition coefficient (Wildman–Crippen LogP) is 5.72. The van der Waals surface area contributed by atoms with E-state index < -0.39 is 5.78 Å². The first kappa shape index (κ1) is 27.5. The minimum absolute atomic E-state index is 0.0866. The third kappa shape index (κ3) is 9.28. The van der Waals surface area contributed by atoms with E-state index in [1.54, 1.807) is 33.1 Å². The van der Waals surface area contributed by atoms with Gasteiger partial charge < -0.3 is 9.84 Å². The van der Waals surface area contributed by atoms with Gasteiger partial charge in [0.15, 0.2) is 5.78 Å². The normalized spacial score (nSPS) is 11.9. The second-order valence-corrected chi connectivity index (χ2v) is 9.44. The Labute approximate surface area is 195 Å². The smallest absolute Gasteiger partial charge is 0.238 e. The fourth-order valence-electron chi connectivity index (χ4n) is 2.55. The second kappa shape index (κ2) is 13.8. The summed E-state index contributed by atoms with van der Waals surface area (Å²) in [5, 5.41) is 8.89. The number of methoxy groups -OCH3 is 1. The Kier molecular flexibility index (Phi) is 11.8. The number of ketones is 3. The Morgan fingerprint density at radius 3 is 2.31 bits per heavy atom. The number of Topliss-reactive ketones (excluding diaryl/α,β-unsaturated/α-hetero) is 3. The van der Waals surface area contributed by atoms with E-state index in [0.717, 1.165) is 16.2 Å². The molecule has 174 valence electrons. The van der Waals surface area contributed by atoms with Crippen LogP contribution in [0.4, 0.5) is 0 Å². The van der Waals surface area contributed by atoms with Crippen LogP contribution in [-0.4, -0.2) is 36.2 Å². The molecule has 0 aliphatic carbocycles. The maximum atomic E-state index is 11.8. The molecule has 1 unspecified atom stereocenters. The van der Waals surface area contributed by atoms with Gasteiger partial charge in [-0.05, 0) is 42.2 Å². The number of aliphatic hydroxyl groups is 1. The first-order chi connectivity index (χ1) is 15.1. The molecule has 0 aliphatic rings. The Morgan fingerprint density at radius 1 is 1.06 bits per heavy atom. The lowest BCUT2D eigenvalue weighted by Gasteiger charge is -2.05. The number of carbonyl (C=O) groups is 3. The summed E-state index contributed by atoms with van der Waals surface area (Å²) >= 11 is 1.30. The zero-order chi connectivity index (χ0) is 24.3. The van der Waals surface area contributed by atoms with Crippen molar-refractivity contribution in [2.45, 2.75) is 41.0 Å². The molecule has 1 heterocycles. The van der Waals surface area contributed by atoms with Gasteiger partial charge in [0.05, 0.1) is 12.0 Å². The van der Waals surface area contributed by atoms with Crippen LogP contribution in [0.3, 0.4) is 0 Å². The Morgan fingerprint density at radius 2 is 1.75 bits per heavy atom. The van der Waals surface area contributed by atoms with E-state index in [0.29, 0.717) is 17.2 Å². The molecule has 5 nitrogen and oxygen atoms in total. The second-order valence-electron chi connectivity index (χ2n) is 8.32. The van der Waals surface area contributed by atoms with Gasteiger partial charge in [-0.15, -0.1) is 11.3 Å². The Balaban J connectivity index is 0.000000330. The van der Waals surface area contributed by atoms with Gasteiger partial charge in [0, 0.05) is 29.4 Å². The van der Waals surface area contributed by atoms with E-state index in [4.69, 9.17) is 9.84 Å². The lowest BCUT2D eigenvalue weighted by Crippen LogP contribution is -2.18. The van der Waals surface area contributed by atoms with Crippen molar-refractivity contribution < 1.29 is 24.2 Å². The molecular weight excluding hydrogens is 424 g/mol. The van der Waals surface area contributed by atoms with Crippen molar-refractivity contribution in [3.63, 3.8) is 0 Å². The molecule has 0 bridgehead atoms. The predicted molar refractivity (Wildman–Crippen MR) is 131 cm³/mol. The summed E-state index contributed by atoms with van der Waals surface area (Å²) in [5.41, 5.74) is 0.734. The molecule has 32 heavy (non-hydrogen) atoms. The van der Waals surface area contributed by atoms with Crippen LogP contribution < -0.4 is 4.74 Å². The van der Waals surface area contributed by atoms with Gasteiger partial charge >= 0.3 is 0 Å². The quantitative estimate of drug-likeness (QED) is 0.364. The topological polar surface area (TPSA) is 80.7 Å². The van der Waals surface area contributed by atoms with Crippen molar-refractivity contribution in [3.8, 4) is 5.75 Å². The molecule has 0 fully saturated rings. The molecule has 0 saturated carbocycles. The molecule has 1 N–H and O–H groups in total. The van der Waals surface area contributed by atoms with Gasteiger partial charge in [0.1, 0.15) is 5.75 Å². The van der Waals surface area contributed by atoms with Crippen LogP contribution in [0.1, 0.15) is 65.9 Å². The van der Waals surface area contributed by atoms with Crippen LogP contribution in [0.5, 0.6) is 5.75 Å².